The van der Waals surface area contributed by atoms with Crippen LogP contribution in [-0.4, -0.2) is 36.6 Å². The summed E-state index contributed by atoms with van der Waals surface area (Å²) in [6.45, 7) is 2.29. The highest BCUT2D eigenvalue weighted by molar-refractivity contribution is 5.77. The maximum absolute atomic E-state index is 12.7. The number of hydrogen-bond donors (Lipinski definition) is 0. The average molecular weight is 351 g/mol. The van der Waals surface area contributed by atoms with Crippen LogP contribution in [0.1, 0.15) is 72.9 Å². The molecule has 3 fully saturated rings. The lowest BCUT2D eigenvalue weighted by Gasteiger charge is -2.64. The Morgan fingerprint density at radius 3 is 2.65 bits per heavy atom. The molecule has 0 amide bonds. The van der Waals surface area contributed by atoms with Crippen molar-refractivity contribution in [3.63, 3.8) is 0 Å². The van der Waals surface area contributed by atoms with Gasteiger partial charge >= 0.3 is 0 Å². The molecule has 1 aromatic carbocycles. The van der Waals surface area contributed by atoms with Gasteiger partial charge in [-0.2, -0.15) is 0 Å². The summed E-state index contributed by atoms with van der Waals surface area (Å²) < 4.78 is 0. The van der Waals surface area contributed by atoms with Gasteiger partial charge in [-0.3, -0.25) is 9.69 Å². The molecule has 3 heteroatoms. The van der Waals surface area contributed by atoms with Gasteiger partial charge in [-0.05, 0) is 68.2 Å². The van der Waals surface area contributed by atoms with Crippen LogP contribution < -0.4 is 0 Å². The van der Waals surface area contributed by atoms with E-state index in [4.69, 9.17) is 0 Å². The summed E-state index contributed by atoms with van der Waals surface area (Å²) in [6.07, 6.45) is 13.0. The highest BCUT2D eigenvalue weighted by Crippen LogP contribution is 2.62. The molecule has 4 aliphatic rings. The summed E-state index contributed by atoms with van der Waals surface area (Å²) in [5, 5.41) is 0. The van der Waals surface area contributed by atoms with Crippen LogP contribution in [0.2, 0.25) is 0 Å². The van der Waals surface area contributed by atoms with Gasteiger partial charge < -0.3 is 4.79 Å². The third kappa shape index (κ3) is 2.10. The van der Waals surface area contributed by atoms with E-state index in [1.54, 1.807) is 0 Å². The molecule has 0 unspecified atom stereocenters. The maximum atomic E-state index is 12.7. The van der Waals surface area contributed by atoms with Crippen LogP contribution in [0.25, 0.3) is 0 Å². The van der Waals surface area contributed by atoms with Crippen LogP contribution in [0.4, 0.5) is 0 Å². The number of likely N-dealkylation sites (tertiary alicyclic amines) is 1. The molecule has 0 radical (unpaired) electrons. The van der Waals surface area contributed by atoms with E-state index in [0.29, 0.717) is 6.04 Å². The normalized spacial score (nSPS) is 36.5. The van der Waals surface area contributed by atoms with Gasteiger partial charge in [-0.15, -0.1) is 0 Å². The summed E-state index contributed by atoms with van der Waals surface area (Å²) in [5.74, 6) is 0.841. The Morgan fingerprint density at radius 2 is 1.92 bits per heavy atom. The predicted molar refractivity (Wildman–Crippen MR) is 101 cm³/mol. The maximum Gasteiger partial charge on any atom is 0.150 e. The Labute approximate surface area is 156 Å². The van der Waals surface area contributed by atoms with Crippen molar-refractivity contribution in [3.8, 4) is 0 Å². The van der Waals surface area contributed by atoms with Crippen LogP contribution in [0, 0.1) is 11.3 Å². The van der Waals surface area contributed by atoms with Crippen molar-refractivity contribution in [3.05, 3.63) is 34.9 Å². The van der Waals surface area contributed by atoms with Gasteiger partial charge in [0.05, 0.1) is 5.41 Å². The van der Waals surface area contributed by atoms with Gasteiger partial charge in [-0.1, -0.05) is 31.4 Å². The number of hydrogen-bond acceptors (Lipinski definition) is 3. The molecule has 3 atom stereocenters. The highest BCUT2D eigenvalue weighted by Gasteiger charge is 2.63. The first-order valence-corrected chi connectivity index (χ1v) is 10.5. The Morgan fingerprint density at radius 1 is 1.08 bits per heavy atom. The second-order valence-electron chi connectivity index (χ2n) is 9.24. The molecule has 2 bridgehead atoms. The number of fused-ring (bicyclic) bond motifs is 1. The number of piperidine rings is 1. The largest absolute Gasteiger partial charge is 0.303 e. The third-order valence-corrected chi connectivity index (χ3v) is 8.32. The minimum absolute atomic E-state index is 0.0413. The fourth-order valence-corrected chi connectivity index (χ4v) is 6.78. The zero-order valence-corrected chi connectivity index (χ0v) is 15.6. The van der Waals surface area contributed by atoms with E-state index >= 15 is 0 Å². The number of carbonyl (C=O) groups is 2. The van der Waals surface area contributed by atoms with Gasteiger partial charge in [0.25, 0.3) is 0 Å². The van der Waals surface area contributed by atoms with Crippen molar-refractivity contribution in [2.45, 2.75) is 69.2 Å². The summed E-state index contributed by atoms with van der Waals surface area (Å²) in [5.41, 5.74) is 3.19. The first-order chi connectivity index (χ1) is 12.7. The zero-order valence-electron chi connectivity index (χ0n) is 15.6. The van der Waals surface area contributed by atoms with Crippen LogP contribution >= 0.6 is 0 Å². The molecule has 3 nitrogen and oxygen atoms in total. The fraction of sp³-hybridized carbons (Fsp3) is 0.652. The van der Waals surface area contributed by atoms with E-state index in [0.717, 1.165) is 56.4 Å². The van der Waals surface area contributed by atoms with Crippen LogP contribution in [-0.2, 0) is 16.6 Å². The van der Waals surface area contributed by atoms with E-state index in [1.165, 1.54) is 49.6 Å². The standard InChI is InChI=1S/C23H29NO2/c25-15-18-6-7-19-13-21-23(16-26)9-2-1-8-22(23,20(19)12-18)10-11-24(21)14-17-4-3-5-17/h6-7,12,15-17,21H,1-5,8-11,13-14H2/t21-,22+,23-/m1/s1. The van der Waals surface area contributed by atoms with Crippen molar-refractivity contribution < 1.29 is 9.59 Å². The molecular weight excluding hydrogens is 322 g/mol. The molecule has 1 saturated heterocycles. The molecule has 5 rings (SSSR count). The summed E-state index contributed by atoms with van der Waals surface area (Å²) in [7, 11) is 0. The van der Waals surface area contributed by atoms with Crippen molar-refractivity contribution in [2.24, 2.45) is 11.3 Å². The number of aldehydes is 2. The summed E-state index contributed by atoms with van der Waals surface area (Å²) >= 11 is 0. The molecule has 0 spiro atoms. The Hall–Kier alpha value is -1.48. The van der Waals surface area contributed by atoms with E-state index < -0.39 is 0 Å². The van der Waals surface area contributed by atoms with Crippen LogP contribution in [0.3, 0.4) is 0 Å². The minimum Gasteiger partial charge on any atom is -0.303 e. The summed E-state index contributed by atoms with van der Waals surface area (Å²) in [6, 6.07) is 6.60. The lowest BCUT2D eigenvalue weighted by Crippen LogP contribution is -2.69. The van der Waals surface area contributed by atoms with E-state index in [-0.39, 0.29) is 10.8 Å². The molecule has 1 heterocycles. The van der Waals surface area contributed by atoms with Crippen molar-refractivity contribution in [1.29, 1.82) is 0 Å². The number of rotatable bonds is 4. The number of carbonyl (C=O) groups excluding carboxylic acids is 2. The molecule has 26 heavy (non-hydrogen) atoms. The molecule has 3 aliphatic carbocycles. The van der Waals surface area contributed by atoms with Gasteiger partial charge in [-0.25, -0.2) is 0 Å². The Kier molecular flexibility index (Phi) is 3.86. The lowest BCUT2D eigenvalue weighted by molar-refractivity contribution is -0.142. The van der Waals surface area contributed by atoms with Crippen molar-refractivity contribution >= 4 is 12.6 Å². The molecule has 0 aromatic heterocycles. The second-order valence-corrected chi connectivity index (χ2v) is 9.24. The quantitative estimate of drug-likeness (QED) is 0.772. The second kappa shape index (κ2) is 6.02. The smallest absolute Gasteiger partial charge is 0.150 e. The molecule has 1 aromatic rings. The van der Waals surface area contributed by atoms with Crippen molar-refractivity contribution in [2.75, 3.05) is 13.1 Å². The van der Waals surface area contributed by atoms with Crippen LogP contribution in [0.15, 0.2) is 18.2 Å². The summed E-state index contributed by atoms with van der Waals surface area (Å²) in [4.78, 5) is 26.8. The Balaban J connectivity index is 1.63. The SMILES string of the molecule is O=Cc1ccc2c(c1)[C@@]13CCCC[C@@]1(C=O)[C@@H](C2)N(CC1CCC1)CC3. The minimum atomic E-state index is -0.248. The molecule has 0 N–H and O–H groups in total. The zero-order chi connectivity index (χ0) is 17.8. The van der Waals surface area contributed by atoms with E-state index in [1.807, 2.05) is 6.07 Å². The topological polar surface area (TPSA) is 37.4 Å². The molecule has 138 valence electrons. The van der Waals surface area contributed by atoms with Crippen LogP contribution in [0.5, 0.6) is 0 Å². The van der Waals surface area contributed by atoms with E-state index in [2.05, 4.69) is 17.0 Å². The van der Waals surface area contributed by atoms with E-state index in [9.17, 15) is 9.59 Å². The van der Waals surface area contributed by atoms with Crippen molar-refractivity contribution in [1.82, 2.24) is 4.90 Å². The number of nitrogens with zero attached hydrogens (tertiary/aromatic N) is 1. The van der Waals surface area contributed by atoms with Gasteiger partial charge in [0.15, 0.2) is 0 Å². The number of benzene rings is 1. The third-order valence-electron chi connectivity index (χ3n) is 8.32. The average Bonchev–Trinajstić information content (AvgIpc) is 2.65. The lowest BCUT2D eigenvalue weighted by atomic mass is 9.44. The first-order valence-electron chi connectivity index (χ1n) is 10.5. The van der Waals surface area contributed by atoms with Gasteiger partial charge in [0, 0.05) is 23.6 Å². The molecule has 1 aliphatic heterocycles. The van der Waals surface area contributed by atoms with Gasteiger partial charge in [0.2, 0.25) is 0 Å². The highest BCUT2D eigenvalue weighted by atomic mass is 16.1. The monoisotopic (exact) mass is 351 g/mol. The molecule has 2 saturated carbocycles. The van der Waals surface area contributed by atoms with Gasteiger partial charge in [0.1, 0.15) is 12.6 Å². The molecular formula is C23H29NO2. The first kappa shape index (κ1) is 16.7. The fourth-order valence-electron chi connectivity index (χ4n) is 6.78. The predicted octanol–water partition coefficient (Wildman–Crippen LogP) is 3.93. The Bertz CT molecular complexity index is 740.